The fourth-order valence-corrected chi connectivity index (χ4v) is 3.53. The summed E-state index contributed by atoms with van der Waals surface area (Å²) >= 11 is 0. The molecule has 2 atom stereocenters. The third kappa shape index (κ3) is 5.01. The molecular formula is C18H25N5O3S. The number of amides is 1. The molecular weight excluding hydrogens is 366 g/mol. The van der Waals surface area contributed by atoms with Gasteiger partial charge < -0.3 is 11.5 Å². The van der Waals surface area contributed by atoms with Crippen molar-refractivity contribution in [2.75, 3.05) is 5.73 Å². The van der Waals surface area contributed by atoms with E-state index in [1.54, 1.807) is 25.1 Å². The van der Waals surface area contributed by atoms with Crippen LogP contribution < -0.4 is 16.2 Å². The van der Waals surface area contributed by atoms with E-state index in [-0.39, 0.29) is 22.7 Å². The van der Waals surface area contributed by atoms with Gasteiger partial charge in [0.2, 0.25) is 5.95 Å². The number of hydrogen-bond acceptors (Lipinski definition) is 7. The van der Waals surface area contributed by atoms with E-state index in [0.717, 1.165) is 0 Å². The van der Waals surface area contributed by atoms with Crippen LogP contribution in [0.25, 0.3) is 11.3 Å². The summed E-state index contributed by atoms with van der Waals surface area (Å²) in [5.74, 6) is -0.661. The molecule has 0 fully saturated rings. The largest absolute Gasteiger partial charge is 0.368 e. The van der Waals surface area contributed by atoms with E-state index in [2.05, 4.69) is 14.7 Å². The molecule has 0 spiro atoms. The Labute approximate surface area is 159 Å². The molecule has 27 heavy (non-hydrogen) atoms. The highest BCUT2D eigenvalue weighted by Gasteiger charge is 2.27. The summed E-state index contributed by atoms with van der Waals surface area (Å²) in [4.78, 5) is 20.3. The number of benzene rings is 1. The van der Waals surface area contributed by atoms with Crippen LogP contribution in [0.3, 0.4) is 0 Å². The summed E-state index contributed by atoms with van der Waals surface area (Å²) in [6, 6.07) is 6.86. The second-order valence-corrected chi connectivity index (χ2v) is 8.56. The van der Waals surface area contributed by atoms with Crippen molar-refractivity contribution >= 4 is 21.9 Å². The van der Waals surface area contributed by atoms with Crippen LogP contribution in [0.2, 0.25) is 0 Å². The molecule has 5 N–H and O–H groups in total. The Kier molecular flexibility index (Phi) is 6.17. The first-order valence-electron chi connectivity index (χ1n) is 8.55. The zero-order chi connectivity index (χ0) is 20.4. The zero-order valence-electron chi connectivity index (χ0n) is 15.8. The minimum atomic E-state index is -4.07. The van der Waals surface area contributed by atoms with Gasteiger partial charge in [0.25, 0.3) is 15.9 Å². The highest BCUT2D eigenvalue weighted by Crippen LogP contribution is 2.22. The lowest BCUT2D eigenvalue weighted by Gasteiger charge is -2.22. The van der Waals surface area contributed by atoms with Gasteiger partial charge in [-0.3, -0.25) is 4.79 Å². The van der Waals surface area contributed by atoms with Gasteiger partial charge in [0.15, 0.2) is 0 Å². The van der Waals surface area contributed by atoms with Crippen molar-refractivity contribution in [1.82, 2.24) is 14.7 Å². The predicted molar refractivity (Wildman–Crippen MR) is 104 cm³/mol. The van der Waals surface area contributed by atoms with Crippen molar-refractivity contribution < 1.29 is 13.2 Å². The van der Waals surface area contributed by atoms with Crippen LogP contribution >= 0.6 is 0 Å². The van der Waals surface area contributed by atoms with Crippen molar-refractivity contribution in [3.8, 4) is 11.3 Å². The average molecular weight is 391 g/mol. The van der Waals surface area contributed by atoms with Gasteiger partial charge in [-0.2, -0.15) is 0 Å². The summed E-state index contributed by atoms with van der Waals surface area (Å²) in [6.07, 6.45) is 0. The van der Waals surface area contributed by atoms with E-state index in [0.29, 0.717) is 17.0 Å². The van der Waals surface area contributed by atoms with Gasteiger partial charge >= 0.3 is 0 Å². The first-order valence-corrected chi connectivity index (χ1v) is 10.0. The molecule has 0 saturated heterocycles. The lowest BCUT2D eigenvalue weighted by Crippen LogP contribution is -2.48. The number of nitrogens with one attached hydrogen (secondary N) is 1. The minimum absolute atomic E-state index is 0.0624. The molecule has 0 unspecified atom stereocenters. The molecule has 0 saturated carbocycles. The van der Waals surface area contributed by atoms with Crippen LogP contribution in [0, 0.1) is 18.8 Å². The summed E-state index contributed by atoms with van der Waals surface area (Å²) in [5, 5.41) is 0. The Morgan fingerprint density at radius 2 is 1.81 bits per heavy atom. The summed E-state index contributed by atoms with van der Waals surface area (Å²) in [6.45, 7) is 7.42. The number of nitrogens with zero attached hydrogens (tertiary/aromatic N) is 2. The Morgan fingerprint density at radius 3 is 2.41 bits per heavy atom. The van der Waals surface area contributed by atoms with Crippen LogP contribution in [0.1, 0.15) is 26.5 Å². The van der Waals surface area contributed by atoms with Gasteiger partial charge in [-0.1, -0.05) is 32.9 Å². The topological polar surface area (TPSA) is 141 Å². The van der Waals surface area contributed by atoms with Gasteiger partial charge in [0, 0.05) is 11.3 Å². The highest BCUT2D eigenvalue weighted by molar-refractivity contribution is 7.90. The maximum Gasteiger partial charge on any atom is 0.264 e. The Bertz CT molecular complexity index is 924. The number of hydrogen-bond donors (Lipinski definition) is 3. The van der Waals surface area contributed by atoms with Crippen LogP contribution in [0.15, 0.2) is 35.2 Å². The molecule has 1 heterocycles. The first-order chi connectivity index (χ1) is 12.5. The number of sulfonamides is 1. The monoisotopic (exact) mass is 391 g/mol. The fourth-order valence-electron chi connectivity index (χ4n) is 2.47. The molecule has 8 nitrogen and oxygen atoms in total. The van der Waals surface area contributed by atoms with Crippen molar-refractivity contribution in [2.24, 2.45) is 17.6 Å². The molecule has 9 heteroatoms. The molecule has 0 aliphatic rings. The number of aromatic nitrogens is 2. The summed E-state index contributed by atoms with van der Waals surface area (Å²) in [7, 11) is -4.07. The molecule has 0 aliphatic carbocycles. The van der Waals surface area contributed by atoms with E-state index in [9.17, 15) is 13.2 Å². The molecule has 1 aromatic carbocycles. The highest BCUT2D eigenvalue weighted by atomic mass is 32.2. The van der Waals surface area contributed by atoms with Crippen molar-refractivity contribution in [2.45, 2.75) is 38.6 Å². The molecule has 0 aliphatic heterocycles. The first kappa shape index (κ1) is 20.8. The van der Waals surface area contributed by atoms with E-state index in [1.165, 1.54) is 12.1 Å². The minimum Gasteiger partial charge on any atom is -0.368 e. The van der Waals surface area contributed by atoms with Crippen LogP contribution in [-0.4, -0.2) is 30.3 Å². The van der Waals surface area contributed by atoms with E-state index >= 15 is 0 Å². The van der Waals surface area contributed by atoms with Crippen LogP contribution in [0.4, 0.5) is 5.95 Å². The molecule has 2 aromatic rings. The van der Waals surface area contributed by atoms with E-state index < -0.39 is 22.0 Å². The molecule has 2 rings (SSSR count). The lowest BCUT2D eigenvalue weighted by molar-refractivity contribution is -0.121. The Morgan fingerprint density at radius 1 is 1.15 bits per heavy atom. The summed E-state index contributed by atoms with van der Waals surface area (Å²) < 4.78 is 27.3. The molecule has 1 aromatic heterocycles. The number of carbonyl (C=O) groups is 1. The van der Waals surface area contributed by atoms with Gasteiger partial charge in [-0.05, 0) is 37.0 Å². The average Bonchev–Trinajstić information content (AvgIpc) is 2.59. The van der Waals surface area contributed by atoms with Crippen molar-refractivity contribution in [1.29, 1.82) is 0 Å². The van der Waals surface area contributed by atoms with Gasteiger partial charge in [-0.15, -0.1) is 0 Å². The number of aryl methyl sites for hydroxylation is 1. The summed E-state index contributed by atoms with van der Waals surface area (Å²) in [5.41, 5.74) is 13.3. The van der Waals surface area contributed by atoms with E-state index in [1.807, 2.05) is 20.8 Å². The van der Waals surface area contributed by atoms with Crippen LogP contribution in [-0.2, 0) is 14.8 Å². The van der Waals surface area contributed by atoms with Crippen molar-refractivity contribution in [3.63, 3.8) is 0 Å². The second kappa shape index (κ2) is 8.01. The molecule has 0 radical (unpaired) electrons. The number of rotatable bonds is 6. The third-order valence-electron chi connectivity index (χ3n) is 4.47. The van der Waals surface area contributed by atoms with Gasteiger partial charge in [0.1, 0.15) is 0 Å². The van der Waals surface area contributed by atoms with Gasteiger partial charge in [0.05, 0.1) is 16.6 Å². The number of nitrogen functional groups attached to an aromatic ring is 1. The third-order valence-corrected chi connectivity index (χ3v) is 5.81. The molecule has 0 bridgehead atoms. The predicted octanol–water partition coefficient (Wildman–Crippen LogP) is 1.46. The normalized spacial score (nSPS) is 14.0. The second-order valence-electron chi connectivity index (χ2n) is 6.88. The van der Waals surface area contributed by atoms with Crippen molar-refractivity contribution in [3.05, 3.63) is 36.0 Å². The lowest BCUT2D eigenvalue weighted by atomic mass is 9.91. The quantitative estimate of drug-likeness (QED) is 0.677. The number of nitrogens with two attached hydrogens (primary N) is 2. The maximum absolute atomic E-state index is 12.6. The number of carbonyl (C=O) groups excluding carboxylic acids is 1. The van der Waals surface area contributed by atoms with Gasteiger partial charge in [-0.25, -0.2) is 23.1 Å². The maximum atomic E-state index is 12.6. The smallest absolute Gasteiger partial charge is 0.264 e. The van der Waals surface area contributed by atoms with Crippen LogP contribution in [0.5, 0.6) is 0 Å². The fraction of sp³-hybridized carbons (Fsp3) is 0.389. The zero-order valence-corrected chi connectivity index (χ0v) is 16.6. The Hall–Kier alpha value is -2.52. The standard InChI is InChI=1S/C18H25N5O3S/c1-10(2)12(4)16(19)17(24)23-27(25,26)14-7-5-6-13(9-14)15-8-11(3)21-18(20)22-15/h5-10,12,16H,19H2,1-4H3,(H,23,24)(H2,20,21,22)/t12-,16-/m0/s1. The SMILES string of the molecule is Cc1cc(-c2cccc(S(=O)(=O)NC(=O)[C@@H](N)[C@@H](C)C(C)C)c2)nc(N)n1. The molecule has 1 amide bonds. The number of anilines is 1. The van der Waals surface area contributed by atoms with E-state index in [4.69, 9.17) is 11.5 Å². The molecule has 146 valence electrons. The Balaban J connectivity index is 2.30.